The van der Waals surface area contributed by atoms with Crippen LogP contribution in [0, 0.1) is 13.8 Å². The number of carboxylic acids is 1. The van der Waals surface area contributed by atoms with Gasteiger partial charge in [-0.15, -0.1) is 11.3 Å². The number of carbonyl (C=O) groups is 1. The summed E-state index contributed by atoms with van der Waals surface area (Å²) in [4.78, 5) is 15.6. The van der Waals surface area contributed by atoms with E-state index < -0.39 is 5.97 Å². The van der Waals surface area contributed by atoms with E-state index in [1.54, 1.807) is 13.0 Å². The van der Waals surface area contributed by atoms with Gasteiger partial charge in [-0.25, -0.2) is 9.78 Å². The van der Waals surface area contributed by atoms with Crippen molar-refractivity contribution in [3.8, 4) is 0 Å². The van der Waals surface area contributed by atoms with Crippen LogP contribution in [0.5, 0.6) is 0 Å². The molecule has 2 N–H and O–H groups in total. The molecule has 1 aromatic heterocycles. The molecule has 94 valence electrons. The second-order valence-corrected chi connectivity index (χ2v) is 5.45. The Morgan fingerprint density at radius 2 is 2.17 bits per heavy atom. The molecule has 0 atom stereocenters. The van der Waals surface area contributed by atoms with E-state index in [0.717, 1.165) is 11.3 Å². The number of aromatic carboxylic acids is 1. The first-order valence-electron chi connectivity index (χ1n) is 5.21. The number of nitrogens with one attached hydrogen (secondary N) is 1. The maximum atomic E-state index is 10.9. The Labute approximate surface area is 113 Å². The Morgan fingerprint density at radius 1 is 1.44 bits per heavy atom. The van der Waals surface area contributed by atoms with Gasteiger partial charge in [-0.3, -0.25) is 0 Å². The minimum Gasteiger partial charge on any atom is -0.476 e. The number of aryl methyl sites for hydroxylation is 2. The molecule has 0 aliphatic carbocycles. The zero-order chi connectivity index (χ0) is 13.3. The highest BCUT2D eigenvalue weighted by atomic mass is 35.5. The maximum absolute atomic E-state index is 10.9. The van der Waals surface area contributed by atoms with Crippen LogP contribution in [0.1, 0.15) is 20.9 Å². The van der Waals surface area contributed by atoms with E-state index in [2.05, 4.69) is 10.3 Å². The number of aromatic nitrogens is 1. The number of halogens is 1. The predicted octanol–water partition coefficient (Wildman–Crippen LogP) is 3.86. The average Bonchev–Trinajstić information content (AvgIpc) is 2.64. The van der Waals surface area contributed by atoms with Crippen LogP contribution in [-0.4, -0.2) is 16.1 Å². The van der Waals surface area contributed by atoms with Crippen molar-refractivity contribution in [1.29, 1.82) is 0 Å². The molecule has 0 unspecified atom stereocenters. The van der Waals surface area contributed by atoms with Crippen molar-refractivity contribution in [2.45, 2.75) is 13.8 Å². The van der Waals surface area contributed by atoms with Crippen LogP contribution in [0.2, 0.25) is 5.02 Å². The maximum Gasteiger partial charge on any atom is 0.355 e. The van der Waals surface area contributed by atoms with Crippen molar-refractivity contribution in [1.82, 2.24) is 4.98 Å². The monoisotopic (exact) mass is 282 g/mol. The molecule has 0 saturated heterocycles. The van der Waals surface area contributed by atoms with Crippen LogP contribution in [0.3, 0.4) is 0 Å². The molecule has 0 aliphatic heterocycles. The summed E-state index contributed by atoms with van der Waals surface area (Å²) in [5.74, 6) is -1.01. The van der Waals surface area contributed by atoms with Gasteiger partial charge in [-0.05, 0) is 37.6 Å². The fourth-order valence-corrected chi connectivity index (χ4v) is 2.58. The molecule has 0 fully saturated rings. The number of benzene rings is 1. The molecule has 1 aromatic carbocycles. The Morgan fingerprint density at radius 3 is 2.72 bits per heavy atom. The van der Waals surface area contributed by atoms with Crippen LogP contribution in [-0.2, 0) is 0 Å². The average molecular weight is 283 g/mol. The van der Waals surface area contributed by atoms with E-state index in [1.807, 2.05) is 19.1 Å². The van der Waals surface area contributed by atoms with Crippen LogP contribution in [0.25, 0.3) is 0 Å². The molecule has 4 nitrogen and oxygen atoms in total. The highest BCUT2D eigenvalue weighted by Gasteiger charge is 2.14. The molecule has 0 amide bonds. The van der Waals surface area contributed by atoms with Gasteiger partial charge in [0.1, 0.15) is 0 Å². The van der Waals surface area contributed by atoms with Crippen molar-refractivity contribution in [3.05, 3.63) is 39.4 Å². The first kappa shape index (κ1) is 12.9. The molecule has 0 saturated carbocycles. The summed E-state index contributed by atoms with van der Waals surface area (Å²) in [5.41, 5.74) is 1.94. The van der Waals surface area contributed by atoms with Gasteiger partial charge in [-0.1, -0.05) is 11.6 Å². The van der Waals surface area contributed by atoms with E-state index in [1.165, 1.54) is 11.3 Å². The topological polar surface area (TPSA) is 62.2 Å². The first-order valence-corrected chi connectivity index (χ1v) is 6.40. The summed E-state index contributed by atoms with van der Waals surface area (Å²) in [7, 11) is 0. The lowest BCUT2D eigenvalue weighted by Gasteiger charge is -2.06. The summed E-state index contributed by atoms with van der Waals surface area (Å²) in [6.07, 6.45) is 0. The minimum atomic E-state index is -1.01. The first-order chi connectivity index (χ1) is 8.47. The van der Waals surface area contributed by atoms with Gasteiger partial charge in [0.05, 0.1) is 0 Å². The largest absolute Gasteiger partial charge is 0.476 e. The second-order valence-electron chi connectivity index (χ2n) is 3.81. The summed E-state index contributed by atoms with van der Waals surface area (Å²) >= 11 is 7.19. The Bertz CT molecular complexity index is 610. The predicted molar refractivity (Wildman–Crippen MR) is 73.3 cm³/mol. The lowest BCUT2D eigenvalue weighted by Crippen LogP contribution is -1.99. The quantitative estimate of drug-likeness (QED) is 0.897. The lowest BCUT2D eigenvalue weighted by atomic mass is 10.2. The molecule has 2 aromatic rings. The number of thiazole rings is 1. The standard InChI is InChI=1S/C12H11ClN2O2S/c1-6-5-8(13)3-4-9(6)14-12-15-10(11(16)17)7(2)18-12/h3-5H,1-2H3,(H,14,15)(H,16,17). The highest BCUT2D eigenvalue weighted by Crippen LogP contribution is 2.28. The fraction of sp³-hybridized carbons (Fsp3) is 0.167. The normalized spacial score (nSPS) is 10.4. The Kier molecular flexibility index (Phi) is 3.54. The summed E-state index contributed by atoms with van der Waals surface area (Å²) < 4.78 is 0. The van der Waals surface area contributed by atoms with Crippen molar-refractivity contribution >= 4 is 39.7 Å². The van der Waals surface area contributed by atoms with Crippen LogP contribution in [0.4, 0.5) is 10.8 Å². The van der Waals surface area contributed by atoms with Crippen LogP contribution < -0.4 is 5.32 Å². The smallest absolute Gasteiger partial charge is 0.355 e. The third kappa shape index (κ3) is 2.63. The molecule has 0 bridgehead atoms. The van der Waals surface area contributed by atoms with E-state index in [9.17, 15) is 4.79 Å². The SMILES string of the molecule is Cc1cc(Cl)ccc1Nc1nc(C(=O)O)c(C)s1. The molecular weight excluding hydrogens is 272 g/mol. The van der Waals surface area contributed by atoms with Crippen molar-refractivity contribution in [2.75, 3.05) is 5.32 Å². The van der Waals surface area contributed by atoms with Crippen LogP contribution in [0.15, 0.2) is 18.2 Å². The zero-order valence-corrected chi connectivity index (χ0v) is 11.4. The number of carboxylic acid groups (broad SMARTS) is 1. The van der Waals surface area contributed by atoms with Crippen molar-refractivity contribution in [3.63, 3.8) is 0 Å². The van der Waals surface area contributed by atoms with Gasteiger partial charge in [-0.2, -0.15) is 0 Å². The molecule has 0 radical (unpaired) electrons. The van der Waals surface area contributed by atoms with E-state index in [0.29, 0.717) is 15.0 Å². The summed E-state index contributed by atoms with van der Waals surface area (Å²) in [6, 6.07) is 5.45. The summed E-state index contributed by atoms with van der Waals surface area (Å²) in [5, 5.41) is 13.3. The van der Waals surface area contributed by atoms with Gasteiger partial charge in [0.2, 0.25) is 0 Å². The van der Waals surface area contributed by atoms with Crippen LogP contribution >= 0.6 is 22.9 Å². The van der Waals surface area contributed by atoms with E-state index >= 15 is 0 Å². The third-order valence-electron chi connectivity index (χ3n) is 2.43. The molecule has 1 heterocycles. The summed E-state index contributed by atoms with van der Waals surface area (Å²) in [6.45, 7) is 3.66. The molecule has 0 spiro atoms. The molecule has 6 heteroatoms. The van der Waals surface area contributed by atoms with Gasteiger partial charge >= 0.3 is 5.97 Å². The number of anilines is 2. The number of hydrogen-bond donors (Lipinski definition) is 2. The minimum absolute atomic E-state index is 0.0918. The molecule has 18 heavy (non-hydrogen) atoms. The van der Waals surface area contributed by atoms with Gasteiger partial charge in [0.25, 0.3) is 0 Å². The lowest BCUT2D eigenvalue weighted by molar-refractivity contribution is 0.0690. The number of rotatable bonds is 3. The van der Waals surface area contributed by atoms with Crippen molar-refractivity contribution in [2.24, 2.45) is 0 Å². The highest BCUT2D eigenvalue weighted by molar-refractivity contribution is 7.15. The Hall–Kier alpha value is -1.59. The molecule has 2 rings (SSSR count). The van der Waals surface area contributed by atoms with Gasteiger partial charge < -0.3 is 10.4 Å². The number of hydrogen-bond acceptors (Lipinski definition) is 4. The zero-order valence-electron chi connectivity index (χ0n) is 9.82. The molecular formula is C12H11ClN2O2S. The van der Waals surface area contributed by atoms with Gasteiger partial charge in [0, 0.05) is 15.6 Å². The number of nitrogens with zero attached hydrogens (tertiary/aromatic N) is 1. The Balaban J connectivity index is 2.29. The molecule has 0 aliphatic rings. The van der Waals surface area contributed by atoms with E-state index in [-0.39, 0.29) is 5.69 Å². The fourth-order valence-electron chi connectivity index (χ4n) is 1.53. The second kappa shape index (κ2) is 4.96. The van der Waals surface area contributed by atoms with Crippen molar-refractivity contribution < 1.29 is 9.90 Å². The third-order valence-corrected chi connectivity index (χ3v) is 3.55. The van der Waals surface area contributed by atoms with Gasteiger partial charge in [0.15, 0.2) is 10.8 Å². The van der Waals surface area contributed by atoms with E-state index in [4.69, 9.17) is 16.7 Å².